The maximum absolute atomic E-state index is 14.3. The van der Waals surface area contributed by atoms with Crippen LogP contribution in [-0.2, 0) is 14.3 Å². The second kappa shape index (κ2) is 8.83. The van der Waals surface area contributed by atoms with E-state index in [0.717, 1.165) is 6.92 Å². The third kappa shape index (κ3) is 5.19. The predicted octanol–water partition coefficient (Wildman–Crippen LogP) is -2.17. The number of amides is 1. The molecule has 9 nitrogen and oxygen atoms in total. The van der Waals surface area contributed by atoms with Crippen LogP contribution in [0.4, 0.5) is 8.78 Å². The van der Waals surface area contributed by atoms with Gasteiger partial charge >= 0.3 is 5.97 Å². The Kier molecular flexibility index (Phi) is 8.42. The van der Waals surface area contributed by atoms with Crippen molar-refractivity contribution in [3.05, 3.63) is 0 Å². The van der Waals surface area contributed by atoms with E-state index in [-0.39, 0.29) is 12.4 Å². The molecule has 7 N–H and O–H groups in total. The highest BCUT2D eigenvalue weighted by Gasteiger charge is 2.55. The maximum Gasteiger partial charge on any atom is 0.320 e. The summed E-state index contributed by atoms with van der Waals surface area (Å²) < 4.78 is 33.6. The summed E-state index contributed by atoms with van der Waals surface area (Å²) in [5.41, 5.74) is 5.10. The molecule has 0 aliphatic carbocycles. The molecule has 1 unspecified atom stereocenters. The first-order chi connectivity index (χ1) is 10.5. The molecule has 0 spiro atoms. The standard InChI is InChI=1S/C12H20F2N2O7.ClH/c1-4(18)16-7-9(20)8(19)6(3-17)23-10(7)12(13,14)2-5(15)11(21)22;/h5-10,17,19-20H,2-3,15H2,1H3,(H,16,18)(H,21,22);1H/t5?,6-,7-,8+,9-,10+;/m1./s1. The highest BCUT2D eigenvalue weighted by Crippen LogP contribution is 2.35. The molecule has 1 rings (SSSR count). The number of carboxylic acid groups (broad SMARTS) is 1. The third-order valence-electron chi connectivity index (χ3n) is 3.52. The first-order valence-electron chi connectivity index (χ1n) is 6.77. The lowest BCUT2D eigenvalue weighted by Gasteiger charge is -2.45. The number of alkyl halides is 2. The second-order valence-electron chi connectivity index (χ2n) is 5.40. The molecule has 0 radical (unpaired) electrons. The Hall–Kier alpha value is -1.11. The van der Waals surface area contributed by atoms with Gasteiger partial charge in [0.15, 0.2) is 0 Å². The lowest BCUT2D eigenvalue weighted by molar-refractivity contribution is -0.253. The lowest BCUT2D eigenvalue weighted by Crippen LogP contribution is -2.68. The SMILES string of the molecule is CC(=O)N[C@@H]1[C@@H](O)[C@@H](O)[C@@H](CO)O[C@@H]1C(F)(F)CC(N)C(=O)O.Cl. The summed E-state index contributed by atoms with van der Waals surface area (Å²) in [7, 11) is 0. The Labute approximate surface area is 142 Å². The minimum atomic E-state index is -3.85. The zero-order chi connectivity index (χ0) is 17.9. The Morgan fingerprint density at radius 3 is 2.29 bits per heavy atom. The average molecular weight is 379 g/mol. The quantitative estimate of drug-likeness (QED) is 0.304. The third-order valence-corrected chi connectivity index (χ3v) is 3.52. The molecule has 24 heavy (non-hydrogen) atoms. The van der Waals surface area contributed by atoms with Crippen molar-refractivity contribution in [1.82, 2.24) is 5.32 Å². The molecule has 0 aromatic carbocycles. The lowest BCUT2D eigenvalue weighted by atomic mass is 9.87. The summed E-state index contributed by atoms with van der Waals surface area (Å²) in [5, 5.41) is 39.4. The molecule has 0 aromatic heterocycles. The molecule has 1 aliphatic heterocycles. The molecule has 1 heterocycles. The van der Waals surface area contributed by atoms with Crippen LogP contribution in [0.25, 0.3) is 0 Å². The molecule has 1 saturated heterocycles. The van der Waals surface area contributed by atoms with E-state index in [2.05, 4.69) is 0 Å². The first kappa shape index (κ1) is 22.9. The van der Waals surface area contributed by atoms with E-state index >= 15 is 0 Å². The Balaban J connectivity index is 0.00000529. The van der Waals surface area contributed by atoms with Crippen molar-refractivity contribution < 1.29 is 43.5 Å². The molecular weight excluding hydrogens is 358 g/mol. The molecule has 1 amide bonds. The molecule has 0 aromatic rings. The smallest absolute Gasteiger partial charge is 0.320 e. The Morgan fingerprint density at radius 1 is 1.33 bits per heavy atom. The summed E-state index contributed by atoms with van der Waals surface area (Å²) in [6.07, 6.45) is -8.57. The number of hydrogen-bond donors (Lipinski definition) is 6. The first-order valence-corrected chi connectivity index (χ1v) is 6.77. The fraction of sp³-hybridized carbons (Fsp3) is 0.833. The number of nitrogens with one attached hydrogen (secondary N) is 1. The van der Waals surface area contributed by atoms with Gasteiger partial charge in [0.1, 0.15) is 30.5 Å². The van der Waals surface area contributed by atoms with Crippen molar-refractivity contribution in [2.45, 2.75) is 55.8 Å². The molecule has 6 atom stereocenters. The highest BCUT2D eigenvalue weighted by atomic mass is 35.5. The number of aliphatic hydroxyl groups excluding tert-OH is 3. The summed E-state index contributed by atoms with van der Waals surface area (Å²) >= 11 is 0. The van der Waals surface area contributed by atoms with Crippen LogP contribution in [0, 0.1) is 0 Å². The van der Waals surface area contributed by atoms with Crippen LogP contribution in [0.3, 0.4) is 0 Å². The number of carbonyl (C=O) groups is 2. The van der Waals surface area contributed by atoms with Gasteiger partial charge in [-0.1, -0.05) is 0 Å². The number of carbonyl (C=O) groups excluding carboxylic acids is 1. The van der Waals surface area contributed by atoms with Crippen molar-refractivity contribution >= 4 is 24.3 Å². The number of rotatable bonds is 6. The van der Waals surface area contributed by atoms with Gasteiger partial charge in [0.05, 0.1) is 12.6 Å². The topological polar surface area (TPSA) is 162 Å². The van der Waals surface area contributed by atoms with Crippen LogP contribution in [0.15, 0.2) is 0 Å². The van der Waals surface area contributed by atoms with Gasteiger partial charge in [-0.25, -0.2) is 8.78 Å². The monoisotopic (exact) mass is 378 g/mol. The predicted molar refractivity (Wildman–Crippen MR) is 77.8 cm³/mol. The summed E-state index contributed by atoms with van der Waals surface area (Å²) in [5.74, 6) is -6.27. The number of halogens is 3. The second-order valence-corrected chi connectivity index (χ2v) is 5.40. The van der Waals surface area contributed by atoms with Crippen LogP contribution in [0.5, 0.6) is 0 Å². The van der Waals surface area contributed by atoms with Crippen molar-refractivity contribution in [3.63, 3.8) is 0 Å². The molecule has 1 fully saturated rings. The van der Waals surface area contributed by atoms with Crippen LogP contribution in [0.1, 0.15) is 13.3 Å². The Morgan fingerprint density at radius 2 is 1.88 bits per heavy atom. The number of aliphatic hydroxyl groups is 3. The number of nitrogens with two attached hydrogens (primary N) is 1. The van der Waals surface area contributed by atoms with Gasteiger partial charge < -0.3 is 36.2 Å². The largest absolute Gasteiger partial charge is 0.480 e. The molecule has 12 heteroatoms. The van der Waals surface area contributed by atoms with Crippen molar-refractivity contribution in [3.8, 4) is 0 Å². The van der Waals surface area contributed by atoms with Crippen LogP contribution in [-0.4, -0.2) is 81.3 Å². The molecule has 1 aliphatic rings. The summed E-state index contributed by atoms with van der Waals surface area (Å²) in [6, 6.07) is -3.61. The minimum Gasteiger partial charge on any atom is -0.480 e. The fourth-order valence-corrected chi connectivity index (χ4v) is 2.37. The van der Waals surface area contributed by atoms with Gasteiger partial charge in [0.25, 0.3) is 5.92 Å². The van der Waals surface area contributed by atoms with E-state index in [4.69, 9.17) is 20.7 Å². The summed E-state index contributed by atoms with van der Waals surface area (Å²) in [6.45, 7) is 0.151. The zero-order valence-electron chi connectivity index (χ0n) is 12.6. The van der Waals surface area contributed by atoms with E-state index in [0.29, 0.717) is 0 Å². The number of ether oxygens (including phenoxy) is 1. The van der Waals surface area contributed by atoms with Crippen molar-refractivity contribution in [2.24, 2.45) is 5.73 Å². The van der Waals surface area contributed by atoms with Crippen LogP contribution >= 0.6 is 12.4 Å². The zero-order valence-corrected chi connectivity index (χ0v) is 13.4. The normalized spacial score (nSPS) is 31.7. The van der Waals surface area contributed by atoms with Gasteiger partial charge in [0.2, 0.25) is 5.91 Å². The van der Waals surface area contributed by atoms with E-state index < -0.39 is 67.3 Å². The molecular formula is C12H21ClF2N2O7. The van der Waals surface area contributed by atoms with Crippen molar-refractivity contribution in [1.29, 1.82) is 0 Å². The van der Waals surface area contributed by atoms with E-state index in [1.54, 1.807) is 0 Å². The Bertz CT molecular complexity index is 457. The number of carboxylic acids is 1. The van der Waals surface area contributed by atoms with Gasteiger partial charge in [-0.3, -0.25) is 9.59 Å². The van der Waals surface area contributed by atoms with Gasteiger partial charge in [0, 0.05) is 13.3 Å². The van der Waals surface area contributed by atoms with E-state index in [9.17, 15) is 28.6 Å². The van der Waals surface area contributed by atoms with Crippen LogP contribution < -0.4 is 11.1 Å². The number of aliphatic carboxylic acids is 1. The molecule has 0 saturated carbocycles. The van der Waals surface area contributed by atoms with E-state index in [1.807, 2.05) is 5.32 Å². The summed E-state index contributed by atoms with van der Waals surface area (Å²) in [4.78, 5) is 21.8. The van der Waals surface area contributed by atoms with Crippen LogP contribution in [0.2, 0.25) is 0 Å². The van der Waals surface area contributed by atoms with Gasteiger partial charge in [-0.2, -0.15) is 0 Å². The minimum absolute atomic E-state index is 0. The molecule has 142 valence electrons. The van der Waals surface area contributed by atoms with Gasteiger partial charge in [-0.05, 0) is 0 Å². The average Bonchev–Trinajstić information content (AvgIpc) is 2.43. The highest BCUT2D eigenvalue weighted by molar-refractivity contribution is 5.85. The molecule has 0 bridgehead atoms. The van der Waals surface area contributed by atoms with Gasteiger partial charge in [-0.15, -0.1) is 12.4 Å². The number of hydrogen-bond acceptors (Lipinski definition) is 7. The van der Waals surface area contributed by atoms with E-state index in [1.165, 1.54) is 0 Å². The fourth-order valence-electron chi connectivity index (χ4n) is 2.37. The maximum atomic E-state index is 14.3. The van der Waals surface area contributed by atoms with Crippen molar-refractivity contribution in [2.75, 3.05) is 6.61 Å².